The van der Waals surface area contributed by atoms with Crippen LogP contribution in [0.3, 0.4) is 0 Å². The minimum absolute atomic E-state index is 0.0692. The fourth-order valence-corrected chi connectivity index (χ4v) is 9.40. The van der Waals surface area contributed by atoms with E-state index in [-0.39, 0.29) is 17.6 Å². The Kier molecular flexibility index (Phi) is 7.24. The summed E-state index contributed by atoms with van der Waals surface area (Å²) in [7, 11) is 0. The van der Waals surface area contributed by atoms with E-state index in [1.807, 2.05) is 0 Å². The molecule has 0 spiro atoms. The number of amides is 1. The van der Waals surface area contributed by atoms with Crippen LogP contribution in [0.5, 0.6) is 0 Å². The van der Waals surface area contributed by atoms with Gasteiger partial charge in [-0.2, -0.15) is 0 Å². The van der Waals surface area contributed by atoms with Crippen LogP contribution in [0.1, 0.15) is 107 Å². The van der Waals surface area contributed by atoms with Crippen molar-refractivity contribution in [1.29, 1.82) is 0 Å². The predicted molar refractivity (Wildman–Crippen MR) is 140 cm³/mol. The minimum Gasteiger partial charge on any atom is -0.478 e. The Morgan fingerprint density at radius 2 is 1.72 bits per heavy atom. The van der Waals surface area contributed by atoms with Crippen molar-refractivity contribution in [1.82, 2.24) is 5.32 Å². The first-order valence-electron chi connectivity index (χ1n) is 14.5. The molecule has 0 aromatic heterocycles. The van der Waals surface area contributed by atoms with Crippen LogP contribution in [0.2, 0.25) is 0 Å². The number of hydrogen-bond acceptors (Lipinski definition) is 3. The molecule has 1 amide bonds. The number of rotatable bonds is 7. The van der Waals surface area contributed by atoms with Crippen LogP contribution in [0.25, 0.3) is 0 Å². The summed E-state index contributed by atoms with van der Waals surface area (Å²) in [5.41, 5.74) is 1.92. The summed E-state index contributed by atoms with van der Waals surface area (Å²) in [6, 6.07) is 6.67. The molecule has 7 unspecified atom stereocenters. The van der Waals surface area contributed by atoms with Crippen molar-refractivity contribution in [2.45, 2.75) is 104 Å². The molecule has 198 valence electrons. The molecule has 1 aromatic rings. The second-order valence-corrected chi connectivity index (χ2v) is 13.0. The smallest absolute Gasteiger partial charge is 0.335 e. The Morgan fingerprint density at radius 3 is 2.47 bits per heavy atom. The number of carbonyl (C=O) groups excluding carboxylic acids is 1. The van der Waals surface area contributed by atoms with E-state index in [0.29, 0.717) is 47.5 Å². The lowest BCUT2D eigenvalue weighted by atomic mass is 9.44. The molecule has 4 fully saturated rings. The van der Waals surface area contributed by atoms with Crippen LogP contribution >= 0.6 is 0 Å². The maximum atomic E-state index is 12.5. The van der Waals surface area contributed by atoms with Crippen molar-refractivity contribution in [3.05, 3.63) is 35.4 Å². The number of fused-ring (bicyclic) bond motifs is 5. The van der Waals surface area contributed by atoms with Gasteiger partial charge in [0.25, 0.3) is 0 Å². The molecule has 0 bridgehead atoms. The third kappa shape index (κ3) is 4.61. The van der Waals surface area contributed by atoms with E-state index in [2.05, 4.69) is 19.2 Å². The van der Waals surface area contributed by atoms with Gasteiger partial charge in [0.05, 0.1) is 11.7 Å². The largest absolute Gasteiger partial charge is 0.478 e. The summed E-state index contributed by atoms with van der Waals surface area (Å²) < 4.78 is 0. The highest BCUT2D eigenvalue weighted by molar-refractivity contribution is 5.87. The van der Waals surface area contributed by atoms with E-state index in [0.717, 1.165) is 30.7 Å². The zero-order chi connectivity index (χ0) is 25.5. The van der Waals surface area contributed by atoms with Gasteiger partial charge in [0.2, 0.25) is 5.91 Å². The predicted octanol–water partition coefficient (Wildman–Crippen LogP) is 6.19. The van der Waals surface area contributed by atoms with Crippen molar-refractivity contribution in [2.24, 2.45) is 40.4 Å². The lowest BCUT2D eigenvalue weighted by Crippen LogP contribution is -2.57. The average Bonchev–Trinajstić information content (AvgIpc) is 3.19. The summed E-state index contributed by atoms with van der Waals surface area (Å²) in [6.07, 6.45) is 13.9. The Bertz CT molecular complexity index is 960. The topological polar surface area (TPSA) is 86.6 Å². The maximum Gasteiger partial charge on any atom is 0.335 e. The number of aliphatic hydroxyl groups is 1. The number of benzene rings is 1. The first kappa shape index (κ1) is 25.8. The van der Waals surface area contributed by atoms with E-state index < -0.39 is 5.97 Å². The number of carbonyl (C=O) groups is 2. The van der Waals surface area contributed by atoms with Crippen LogP contribution in [0.4, 0.5) is 0 Å². The van der Waals surface area contributed by atoms with Crippen molar-refractivity contribution in [2.75, 3.05) is 0 Å². The van der Waals surface area contributed by atoms with Crippen molar-refractivity contribution >= 4 is 11.9 Å². The van der Waals surface area contributed by atoms with Gasteiger partial charge >= 0.3 is 5.97 Å². The van der Waals surface area contributed by atoms with Gasteiger partial charge in [0.15, 0.2) is 0 Å². The highest BCUT2D eigenvalue weighted by atomic mass is 16.4. The van der Waals surface area contributed by atoms with Crippen molar-refractivity contribution in [3.63, 3.8) is 0 Å². The summed E-state index contributed by atoms with van der Waals surface area (Å²) in [4.78, 5) is 23.5. The Labute approximate surface area is 216 Å². The molecule has 36 heavy (non-hydrogen) atoms. The first-order chi connectivity index (χ1) is 17.2. The molecule has 5 heteroatoms. The quantitative estimate of drug-likeness (QED) is 0.421. The van der Waals surface area contributed by atoms with E-state index in [9.17, 15) is 14.7 Å². The second kappa shape index (κ2) is 10.1. The van der Waals surface area contributed by atoms with Crippen LogP contribution in [0, 0.1) is 40.4 Å². The van der Waals surface area contributed by atoms with Gasteiger partial charge in [0, 0.05) is 13.0 Å². The van der Waals surface area contributed by atoms with Crippen molar-refractivity contribution < 1.29 is 19.8 Å². The van der Waals surface area contributed by atoms with Crippen LogP contribution in [-0.2, 0) is 11.3 Å². The Hall–Kier alpha value is -1.88. The molecule has 0 radical (unpaired) electrons. The molecule has 5 nitrogen and oxygen atoms in total. The number of nitrogens with one attached hydrogen (secondary N) is 1. The number of carboxylic acid groups (broad SMARTS) is 1. The normalized spacial score (nSPS) is 39.5. The number of aliphatic hydroxyl groups excluding tert-OH is 1. The van der Waals surface area contributed by atoms with Gasteiger partial charge in [0.1, 0.15) is 0 Å². The van der Waals surface area contributed by atoms with Gasteiger partial charge < -0.3 is 15.5 Å². The first-order valence-corrected chi connectivity index (χ1v) is 14.5. The lowest BCUT2D eigenvalue weighted by Gasteiger charge is -2.62. The molecule has 8 atom stereocenters. The molecule has 0 saturated heterocycles. The number of hydrogen-bond donors (Lipinski definition) is 3. The zero-order valence-electron chi connectivity index (χ0n) is 22.2. The van der Waals surface area contributed by atoms with E-state index in [4.69, 9.17) is 5.11 Å². The molecule has 4 aliphatic rings. The maximum absolute atomic E-state index is 12.5. The fraction of sp³-hybridized carbons (Fsp3) is 0.742. The number of aromatic carboxylic acids is 1. The molecule has 0 heterocycles. The molecule has 5 rings (SSSR count). The molecule has 3 N–H and O–H groups in total. The lowest BCUT2D eigenvalue weighted by molar-refractivity contribution is -0.162. The van der Waals surface area contributed by atoms with Gasteiger partial charge in [-0.3, -0.25) is 4.79 Å². The zero-order valence-corrected chi connectivity index (χ0v) is 22.2. The molecule has 4 saturated carbocycles. The summed E-state index contributed by atoms with van der Waals surface area (Å²) in [5, 5.41) is 23.4. The van der Waals surface area contributed by atoms with E-state index in [1.165, 1.54) is 51.4 Å². The highest BCUT2D eigenvalue weighted by Gasteiger charge is 2.61. The average molecular weight is 496 g/mol. The SMILES string of the molecule is CC12CCC3C(C1CCC2CCCC(=O)NCc1ccc(C(=O)O)cc1)[C@@H](O)CC1CCCCC13C. The van der Waals surface area contributed by atoms with E-state index >= 15 is 0 Å². The van der Waals surface area contributed by atoms with Crippen LogP contribution < -0.4 is 5.32 Å². The Morgan fingerprint density at radius 1 is 0.972 bits per heavy atom. The molecule has 0 aliphatic heterocycles. The third-order valence-corrected chi connectivity index (χ3v) is 11.4. The number of carboxylic acids is 1. The molecule has 4 aliphatic carbocycles. The molecule has 1 aromatic carbocycles. The van der Waals surface area contributed by atoms with Gasteiger partial charge in [-0.25, -0.2) is 4.79 Å². The van der Waals surface area contributed by atoms with Gasteiger partial charge in [-0.15, -0.1) is 0 Å². The van der Waals surface area contributed by atoms with Gasteiger partial charge in [-0.1, -0.05) is 38.8 Å². The fourth-order valence-electron chi connectivity index (χ4n) is 9.40. The minimum atomic E-state index is -0.938. The molecular formula is C31H45NO4. The Balaban J connectivity index is 1.13. The highest BCUT2D eigenvalue weighted by Crippen LogP contribution is 2.67. The second-order valence-electron chi connectivity index (χ2n) is 13.0. The third-order valence-electron chi connectivity index (χ3n) is 11.4. The summed E-state index contributed by atoms with van der Waals surface area (Å²) >= 11 is 0. The van der Waals surface area contributed by atoms with Crippen LogP contribution in [-0.4, -0.2) is 28.2 Å². The van der Waals surface area contributed by atoms with E-state index in [1.54, 1.807) is 24.3 Å². The summed E-state index contributed by atoms with van der Waals surface area (Å²) in [6.45, 7) is 5.51. The van der Waals surface area contributed by atoms with Gasteiger partial charge in [-0.05, 0) is 116 Å². The summed E-state index contributed by atoms with van der Waals surface area (Å²) in [5.74, 6) is 2.31. The van der Waals surface area contributed by atoms with Crippen LogP contribution in [0.15, 0.2) is 24.3 Å². The molecular weight excluding hydrogens is 450 g/mol. The van der Waals surface area contributed by atoms with Crippen molar-refractivity contribution in [3.8, 4) is 0 Å². The standard InChI is InChI=1S/C31H45NO4/c1-30-16-4-3-6-23(30)18-26(33)28-24-14-13-22(31(24,2)17-15-25(28)30)7-5-8-27(34)32-19-20-9-11-21(12-10-20)29(35)36/h9-12,22-26,28,33H,3-8,13-19H2,1-2H3,(H,32,34)(H,35,36)/t22?,23?,24?,25?,26-,28?,30?,31?/m0/s1. The monoisotopic (exact) mass is 495 g/mol.